The van der Waals surface area contributed by atoms with Crippen LogP contribution in [0.3, 0.4) is 0 Å². The number of carbonyl (C=O) groups is 1. The van der Waals surface area contributed by atoms with E-state index >= 15 is 0 Å². The first-order valence-corrected chi connectivity index (χ1v) is 9.41. The minimum Gasteiger partial charge on any atom is -0.348 e. The number of hydrogen-bond donors (Lipinski definition) is 0. The van der Waals surface area contributed by atoms with E-state index in [9.17, 15) is 4.79 Å². The van der Waals surface area contributed by atoms with Gasteiger partial charge in [0.05, 0.1) is 24.7 Å². The number of amides is 1. The van der Waals surface area contributed by atoms with E-state index in [1.807, 2.05) is 34.8 Å². The van der Waals surface area contributed by atoms with Crippen molar-refractivity contribution in [3.8, 4) is 0 Å². The van der Waals surface area contributed by atoms with Crippen molar-refractivity contribution in [1.29, 1.82) is 0 Å². The molecule has 0 saturated carbocycles. The van der Waals surface area contributed by atoms with Gasteiger partial charge in [0.25, 0.3) is 5.78 Å². The third-order valence-electron chi connectivity index (χ3n) is 5.44. The van der Waals surface area contributed by atoms with E-state index in [0.29, 0.717) is 25.3 Å². The fourth-order valence-corrected chi connectivity index (χ4v) is 4.15. The summed E-state index contributed by atoms with van der Waals surface area (Å²) in [6, 6.07) is 4.04. The molecule has 9 heteroatoms. The molecule has 0 aliphatic carbocycles. The first kappa shape index (κ1) is 16.2. The number of carbonyl (C=O) groups excluding carboxylic acids is 1. The number of aryl methyl sites for hydroxylation is 1. The molecule has 27 heavy (non-hydrogen) atoms. The molecule has 1 atom stereocenters. The van der Waals surface area contributed by atoms with Crippen molar-refractivity contribution in [1.82, 2.24) is 34.3 Å². The van der Waals surface area contributed by atoms with Crippen LogP contribution in [-0.2, 0) is 11.3 Å². The molecule has 0 spiro atoms. The number of rotatable bonds is 3. The maximum atomic E-state index is 12.7. The SMILES string of the molecule is Cc1cc(N2Cc3ccnn3[C@H](CC(=O)N3CCCC3)C2)n2ncnc2n1. The zero-order chi connectivity index (χ0) is 18.4. The zero-order valence-electron chi connectivity index (χ0n) is 15.3. The molecule has 1 amide bonds. The predicted molar refractivity (Wildman–Crippen MR) is 98.3 cm³/mol. The van der Waals surface area contributed by atoms with Crippen molar-refractivity contribution < 1.29 is 4.79 Å². The summed E-state index contributed by atoms with van der Waals surface area (Å²) in [6.45, 7) is 5.13. The lowest BCUT2D eigenvalue weighted by molar-refractivity contribution is -0.131. The molecule has 140 valence electrons. The zero-order valence-corrected chi connectivity index (χ0v) is 15.3. The van der Waals surface area contributed by atoms with Crippen LogP contribution >= 0.6 is 0 Å². The van der Waals surface area contributed by atoms with Gasteiger partial charge < -0.3 is 9.80 Å². The minimum absolute atomic E-state index is 0.00360. The van der Waals surface area contributed by atoms with E-state index in [-0.39, 0.29) is 11.9 Å². The van der Waals surface area contributed by atoms with Crippen molar-refractivity contribution in [2.75, 3.05) is 24.5 Å². The van der Waals surface area contributed by atoms with Crippen LogP contribution in [0.4, 0.5) is 5.82 Å². The molecule has 1 saturated heterocycles. The maximum absolute atomic E-state index is 12.7. The van der Waals surface area contributed by atoms with E-state index in [2.05, 4.69) is 25.1 Å². The molecule has 3 aromatic rings. The number of fused-ring (bicyclic) bond motifs is 2. The molecule has 0 unspecified atom stereocenters. The van der Waals surface area contributed by atoms with Gasteiger partial charge in [-0.3, -0.25) is 9.48 Å². The lowest BCUT2D eigenvalue weighted by Gasteiger charge is -2.35. The first-order valence-electron chi connectivity index (χ1n) is 9.41. The molecule has 2 aliphatic rings. The minimum atomic E-state index is 0.00360. The Bertz CT molecular complexity index is 986. The first-order chi connectivity index (χ1) is 13.2. The average Bonchev–Trinajstić information content (AvgIpc) is 3.40. The second kappa shape index (κ2) is 6.33. The summed E-state index contributed by atoms with van der Waals surface area (Å²) in [5.74, 6) is 1.76. The molecule has 9 nitrogen and oxygen atoms in total. The van der Waals surface area contributed by atoms with Crippen molar-refractivity contribution in [3.05, 3.63) is 36.0 Å². The van der Waals surface area contributed by atoms with Crippen molar-refractivity contribution in [2.45, 2.75) is 38.8 Å². The monoisotopic (exact) mass is 366 g/mol. The molecule has 2 aliphatic heterocycles. The van der Waals surface area contributed by atoms with Crippen LogP contribution in [0, 0.1) is 6.92 Å². The molecule has 0 N–H and O–H groups in total. The van der Waals surface area contributed by atoms with Crippen molar-refractivity contribution in [3.63, 3.8) is 0 Å². The van der Waals surface area contributed by atoms with Crippen LogP contribution in [0.25, 0.3) is 5.78 Å². The fourth-order valence-electron chi connectivity index (χ4n) is 4.15. The molecule has 3 aromatic heterocycles. The molecule has 0 bridgehead atoms. The molecule has 1 fully saturated rings. The Labute approximate surface area is 156 Å². The van der Waals surface area contributed by atoms with Gasteiger partial charge in [-0.25, -0.2) is 4.98 Å². The van der Waals surface area contributed by atoms with Crippen molar-refractivity contribution >= 4 is 17.5 Å². The van der Waals surface area contributed by atoms with Crippen LogP contribution in [-0.4, -0.2) is 59.8 Å². The van der Waals surface area contributed by atoms with E-state index in [1.54, 1.807) is 4.52 Å². The molecule has 0 radical (unpaired) electrons. The van der Waals surface area contributed by atoms with Crippen LogP contribution in [0.2, 0.25) is 0 Å². The second-order valence-electron chi connectivity index (χ2n) is 7.32. The number of anilines is 1. The highest BCUT2D eigenvalue weighted by Crippen LogP contribution is 2.28. The predicted octanol–water partition coefficient (Wildman–Crippen LogP) is 1.20. The Hall–Kier alpha value is -2.97. The number of nitrogens with zero attached hydrogens (tertiary/aromatic N) is 8. The van der Waals surface area contributed by atoms with Crippen LogP contribution in [0.15, 0.2) is 24.7 Å². The number of likely N-dealkylation sites (tertiary alicyclic amines) is 1. The van der Waals surface area contributed by atoms with Gasteiger partial charge in [-0.2, -0.15) is 19.7 Å². The van der Waals surface area contributed by atoms with E-state index in [0.717, 1.165) is 43.1 Å². The van der Waals surface area contributed by atoms with Gasteiger partial charge in [-0.15, -0.1) is 0 Å². The molecular formula is C18H22N8O. The van der Waals surface area contributed by atoms with Gasteiger partial charge in [0, 0.05) is 37.6 Å². The van der Waals surface area contributed by atoms with Gasteiger partial charge in [-0.05, 0) is 25.8 Å². The number of hydrogen-bond acceptors (Lipinski definition) is 6. The van der Waals surface area contributed by atoms with Gasteiger partial charge >= 0.3 is 0 Å². The molecule has 0 aromatic carbocycles. The third-order valence-corrected chi connectivity index (χ3v) is 5.44. The quantitative estimate of drug-likeness (QED) is 0.693. The third kappa shape index (κ3) is 2.83. The fraction of sp³-hybridized carbons (Fsp3) is 0.500. The normalized spacial score (nSPS) is 19.7. The Morgan fingerprint density at radius 3 is 2.96 bits per heavy atom. The molecule has 5 rings (SSSR count). The topological polar surface area (TPSA) is 84.5 Å². The summed E-state index contributed by atoms with van der Waals surface area (Å²) < 4.78 is 3.77. The molecule has 5 heterocycles. The standard InChI is InChI=1S/C18H22N8O/c1-13-8-16(26-18(22-13)19-12-21-26)24-10-14-4-5-20-25(14)15(11-24)9-17(27)23-6-2-3-7-23/h4-5,8,12,15H,2-3,6-7,9-11H2,1H3/t15-/m1/s1. The van der Waals surface area contributed by atoms with Gasteiger partial charge in [0.15, 0.2) is 0 Å². The van der Waals surface area contributed by atoms with Crippen LogP contribution in [0.5, 0.6) is 0 Å². The van der Waals surface area contributed by atoms with Crippen LogP contribution in [0.1, 0.15) is 36.7 Å². The lowest BCUT2D eigenvalue weighted by Crippen LogP contribution is -2.41. The Kier molecular flexibility index (Phi) is 3.80. The average molecular weight is 366 g/mol. The highest BCUT2D eigenvalue weighted by Gasteiger charge is 2.31. The highest BCUT2D eigenvalue weighted by atomic mass is 16.2. The van der Waals surface area contributed by atoms with E-state index < -0.39 is 0 Å². The van der Waals surface area contributed by atoms with Gasteiger partial charge in [-0.1, -0.05) is 0 Å². The smallest absolute Gasteiger partial charge is 0.254 e. The van der Waals surface area contributed by atoms with Crippen LogP contribution < -0.4 is 4.90 Å². The Balaban J connectivity index is 1.47. The Morgan fingerprint density at radius 2 is 2.11 bits per heavy atom. The largest absolute Gasteiger partial charge is 0.348 e. The number of aromatic nitrogens is 6. The highest BCUT2D eigenvalue weighted by molar-refractivity contribution is 5.77. The van der Waals surface area contributed by atoms with Gasteiger partial charge in [0.2, 0.25) is 5.91 Å². The Morgan fingerprint density at radius 1 is 1.26 bits per heavy atom. The van der Waals surface area contributed by atoms with Crippen molar-refractivity contribution in [2.24, 2.45) is 0 Å². The van der Waals surface area contributed by atoms with Gasteiger partial charge in [0.1, 0.15) is 12.1 Å². The maximum Gasteiger partial charge on any atom is 0.254 e. The summed E-state index contributed by atoms with van der Waals surface area (Å²) in [7, 11) is 0. The summed E-state index contributed by atoms with van der Waals surface area (Å²) in [5.41, 5.74) is 2.00. The summed E-state index contributed by atoms with van der Waals surface area (Å²) >= 11 is 0. The summed E-state index contributed by atoms with van der Waals surface area (Å²) in [4.78, 5) is 25.6. The lowest BCUT2D eigenvalue weighted by atomic mass is 10.1. The summed E-state index contributed by atoms with van der Waals surface area (Å²) in [6.07, 6.45) is 6.02. The van der Waals surface area contributed by atoms with E-state index in [1.165, 1.54) is 6.33 Å². The van der Waals surface area contributed by atoms with E-state index in [4.69, 9.17) is 0 Å². The summed E-state index contributed by atoms with van der Waals surface area (Å²) in [5, 5.41) is 8.82. The second-order valence-corrected chi connectivity index (χ2v) is 7.32. The molecular weight excluding hydrogens is 344 g/mol.